The molecule has 7 nitrogen and oxygen atoms in total. The van der Waals surface area contributed by atoms with Crippen molar-refractivity contribution < 1.29 is 17.9 Å². The number of amides is 1. The second kappa shape index (κ2) is 7.63. The fourth-order valence-corrected chi connectivity index (χ4v) is 5.07. The molecule has 0 radical (unpaired) electrons. The quantitative estimate of drug-likeness (QED) is 0.748. The van der Waals surface area contributed by atoms with E-state index in [1.54, 1.807) is 75.6 Å². The van der Waals surface area contributed by atoms with Gasteiger partial charge in [0.1, 0.15) is 23.0 Å². The summed E-state index contributed by atoms with van der Waals surface area (Å²) in [6.45, 7) is 5.60. The van der Waals surface area contributed by atoms with Crippen molar-refractivity contribution in [2.24, 2.45) is 0 Å². The second-order valence-electron chi connectivity index (χ2n) is 7.28. The van der Waals surface area contributed by atoms with E-state index in [4.69, 9.17) is 4.74 Å². The third kappa shape index (κ3) is 3.87. The number of aromatic nitrogens is 1. The Morgan fingerprint density at radius 3 is 2.43 bits per heavy atom. The van der Waals surface area contributed by atoms with Gasteiger partial charge >= 0.3 is 0 Å². The summed E-state index contributed by atoms with van der Waals surface area (Å²) in [4.78, 5) is 17.0. The summed E-state index contributed by atoms with van der Waals surface area (Å²) in [5.41, 5.74) is -0.347. The molecule has 1 amide bonds. The standard InChI is InChI=1S/C20H23N3O4S/c1-20(2,3)23-19(24)17(22-12-13-27-16-10-7-11-21-14-16)18(28(23,25)26)15-8-5-4-6-9-15/h4-11,14,22H,12-13H2,1-3H3. The Kier molecular flexibility index (Phi) is 5.42. The molecule has 1 aliphatic rings. The van der Waals surface area contributed by atoms with Crippen LogP contribution in [0.25, 0.3) is 4.91 Å². The predicted molar refractivity (Wildman–Crippen MR) is 107 cm³/mol. The van der Waals surface area contributed by atoms with Crippen LogP contribution >= 0.6 is 0 Å². The molecule has 0 atom stereocenters. The number of hydrogen-bond donors (Lipinski definition) is 1. The Balaban J connectivity index is 1.88. The van der Waals surface area contributed by atoms with Crippen molar-refractivity contribution in [3.63, 3.8) is 0 Å². The van der Waals surface area contributed by atoms with Crippen LogP contribution in [0.3, 0.4) is 0 Å². The third-order valence-corrected chi connectivity index (χ3v) is 6.23. The lowest BCUT2D eigenvalue weighted by Crippen LogP contribution is -2.46. The first-order chi connectivity index (χ1) is 13.2. The topological polar surface area (TPSA) is 88.6 Å². The summed E-state index contributed by atoms with van der Waals surface area (Å²) < 4.78 is 32.9. The van der Waals surface area contributed by atoms with Gasteiger partial charge in [0.25, 0.3) is 15.9 Å². The summed E-state index contributed by atoms with van der Waals surface area (Å²) in [6, 6.07) is 12.2. The highest BCUT2D eigenvalue weighted by molar-refractivity contribution is 7.99. The SMILES string of the molecule is CC(C)(C)N1C(=O)C(NCCOc2cccnc2)=C(c2ccccc2)S1(=O)=O. The van der Waals surface area contributed by atoms with Crippen molar-refractivity contribution in [3.05, 3.63) is 66.1 Å². The lowest BCUT2D eigenvalue weighted by atomic mass is 10.1. The number of rotatable bonds is 6. The van der Waals surface area contributed by atoms with E-state index in [2.05, 4.69) is 10.3 Å². The number of carbonyl (C=O) groups is 1. The van der Waals surface area contributed by atoms with E-state index in [0.29, 0.717) is 11.3 Å². The number of nitrogens with zero attached hydrogens (tertiary/aromatic N) is 2. The summed E-state index contributed by atoms with van der Waals surface area (Å²) in [5, 5.41) is 2.97. The maximum absolute atomic E-state index is 13.2. The van der Waals surface area contributed by atoms with E-state index in [1.165, 1.54) is 0 Å². The molecule has 2 heterocycles. The van der Waals surface area contributed by atoms with Crippen LogP contribution in [0.5, 0.6) is 5.75 Å². The second-order valence-corrected chi connectivity index (χ2v) is 9.00. The van der Waals surface area contributed by atoms with E-state index in [0.717, 1.165) is 4.31 Å². The summed E-state index contributed by atoms with van der Waals surface area (Å²) in [7, 11) is -3.98. The molecule has 3 rings (SSSR count). The number of hydrogen-bond acceptors (Lipinski definition) is 6. The molecule has 1 N–H and O–H groups in total. The zero-order chi connectivity index (χ0) is 20.4. The Labute approximate surface area is 165 Å². The van der Waals surface area contributed by atoms with Gasteiger partial charge < -0.3 is 10.1 Å². The predicted octanol–water partition coefficient (Wildman–Crippen LogP) is 2.39. The van der Waals surface area contributed by atoms with Crippen molar-refractivity contribution >= 4 is 20.8 Å². The van der Waals surface area contributed by atoms with Gasteiger partial charge in [-0.25, -0.2) is 12.7 Å². The van der Waals surface area contributed by atoms with Gasteiger partial charge in [0, 0.05) is 12.7 Å². The Hall–Kier alpha value is -2.87. The zero-order valence-electron chi connectivity index (χ0n) is 16.0. The number of carbonyl (C=O) groups excluding carboxylic acids is 1. The van der Waals surface area contributed by atoms with E-state index in [9.17, 15) is 13.2 Å². The highest BCUT2D eigenvalue weighted by Gasteiger charge is 2.49. The average molecular weight is 401 g/mol. The summed E-state index contributed by atoms with van der Waals surface area (Å²) in [6.07, 6.45) is 3.23. The number of ether oxygens (including phenoxy) is 1. The van der Waals surface area contributed by atoms with Crippen LogP contribution in [0, 0.1) is 0 Å². The fraction of sp³-hybridized carbons (Fsp3) is 0.300. The molecule has 0 saturated carbocycles. The maximum Gasteiger partial charge on any atom is 0.285 e. The minimum absolute atomic E-state index is 0.00518. The van der Waals surface area contributed by atoms with Gasteiger partial charge in [0.05, 0.1) is 11.7 Å². The van der Waals surface area contributed by atoms with Crippen molar-refractivity contribution in [1.82, 2.24) is 14.6 Å². The molecular weight excluding hydrogens is 378 g/mol. The average Bonchev–Trinajstić information content (AvgIpc) is 2.85. The highest BCUT2D eigenvalue weighted by Crippen LogP contribution is 2.38. The Morgan fingerprint density at radius 2 is 1.82 bits per heavy atom. The van der Waals surface area contributed by atoms with Crippen molar-refractivity contribution in [2.45, 2.75) is 26.3 Å². The van der Waals surface area contributed by atoms with Gasteiger partial charge in [-0.15, -0.1) is 0 Å². The normalized spacial score (nSPS) is 16.4. The zero-order valence-corrected chi connectivity index (χ0v) is 16.9. The smallest absolute Gasteiger partial charge is 0.285 e. The Morgan fingerprint density at radius 1 is 1.11 bits per heavy atom. The third-order valence-electron chi connectivity index (χ3n) is 4.08. The first-order valence-corrected chi connectivity index (χ1v) is 10.3. The van der Waals surface area contributed by atoms with Crippen LogP contribution < -0.4 is 10.1 Å². The van der Waals surface area contributed by atoms with Crippen LogP contribution in [0.2, 0.25) is 0 Å². The molecule has 1 aromatic heterocycles. The molecule has 1 aromatic carbocycles. The minimum atomic E-state index is -3.98. The van der Waals surface area contributed by atoms with Gasteiger partial charge in [-0.2, -0.15) is 0 Å². The van der Waals surface area contributed by atoms with E-state index >= 15 is 0 Å². The van der Waals surface area contributed by atoms with E-state index in [-0.39, 0.29) is 23.8 Å². The van der Waals surface area contributed by atoms with Crippen molar-refractivity contribution in [2.75, 3.05) is 13.2 Å². The van der Waals surface area contributed by atoms with Gasteiger partial charge in [-0.3, -0.25) is 9.78 Å². The van der Waals surface area contributed by atoms with Crippen LogP contribution in [-0.4, -0.2) is 42.3 Å². The number of nitrogens with one attached hydrogen (secondary N) is 1. The van der Waals surface area contributed by atoms with Gasteiger partial charge in [-0.1, -0.05) is 30.3 Å². The largest absolute Gasteiger partial charge is 0.490 e. The number of sulfonamides is 1. The molecule has 28 heavy (non-hydrogen) atoms. The highest BCUT2D eigenvalue weighted by atomic mass is 32.2. The van der Waals surface area contributed by atoms with Crippen molar-refractivity contribution in [1.29, 1.82) is 0 Å². The Bertz CT molecular complexity index is 981. The molecule has 0 fully saturated rings. The molecule has 0 saturated heterocycles. The number of benzene rings is 1. The molecule has 0 bridgehead atoms. The maximum atomic E-state index is 13.2. The van der Waals surface area contributed by atoms with Crippen LogP contribution in [-0.2, 0) is 14.8 Å². The van der Waals surface area contributed by atoms with Crippen LogP contribution in [0.15, 0.2) is 60.6 Å². The van der Waals surface area contributed by atoms with Gasteiger partial charge in [0.15, 0.2) is 0 Å². The van der Waals surface area contributed by atoms with E-state index < -0.39 is 21.5 Å². The van der Waals surface area contributed by atoms with Crippen LogP contribution in [0.1, 0.15) is 26.3 Å². The first-order valence-electron chi connectivity index (χ1n) is 8.89. The summed E-state index contributed by atoms with van der Waals surface area (Å²) >= 11 is 0. The molecule has 0 unspecified atom stereocenters. The van der Waals surface area contributed by atoms with Gasteiger partial charge in [0.2, 0.25) is 0 Å². The molecule has 0 aliphatic carbocycles. The molecule has 8 heteroatoms. The minimum Gasteiger partial charge on any atom is -0.490 e. The van der Waals surface area contributed by atoms with Crippen molar-refractivity contribution in [3.8, 4) is 5.75 Å². The molecular formula is C20H23N3O4S. The monoisotopic (exact) mass is 401 g/mol. The van der Waals surface area contributed by atoms with Crippen LogP contribution in [0.4, 0.5) is 0 Å². The molecule has 0 spiro atoms. The molecule has 2 aromatic rings. The van der Waals surface area contributed by atoms with E-state index in [1.807, 2.05) is 0 Å². The summed E-state index contributed by atoms with van der Waals surface area (Å²) in [5.74, 6) is 0.0379. The first kappa shape index (κ1) is 19.9. The lowest BCUT2D eigenvalue weighted by molar-refractivity contribution is -0.125. The number of pyridine rings is 1. The van der Waals surface area contributed by atoms with Gasteiger partial charge in [-0.05, 0) is 38.5 Å². The lowest BCUT2D eigenvalue weighted by Gasteiger charge is -2.30. The molecule has 148 valence electrons. The molecule has 1 aliphatic heterocycles. The fourth-order valence-electron chi connectivity index (χ4n) is 3.01.